The first-order valence-electron chi connectivity index (χ1n) is 6.10. The van der Waals surface area contributed by atoms with Gasteiger partial charge < -0.3 is 4.90 Å². The average Bonchev–Trinajstić information content (AvgIpc) is 3.15. The first kappa shape index (κ1) is 13.5. The number of carbonyl (C=O) groups excluding carboxylic acids is 1. The van der Waals surface area contributed by atoms with Crippen molar-refractivity contribution in [1.29, 1.82) is 0 Å². The summed E-state index contributed by atoms with van der Waals surface area (Å²) < 4.78 is 13.9. The van der Waals surface area contributed by atoms with Gasteiger partial charge in [-0.2, -0.15) is 0 Å². The van der Waals surface area contributed by atoms with Crippen LogP contribution in [0.1, 0.15) is 28.8 Å². The fourth-order valence-electron chi connectivity index (χ4n) is 1.99. The highest BCUT2D eigenvalue weighted by Crippen LogP contribution is 2.30. The summed E-state index contributed by atoms with van der Waals surface area (Å²) in [5.41, 5.74) is -0.380. The second-order valence-corrected chi connectivity index (χ2v) is 5.01. The van der Waals surface area contributed by atoms with E-state index in [4.69, 9.17) is 0 Å². The summed E-state index contributed by atoms with van der Waals surface area (Å²) >= 11 is 0. The second kappa shape index (κ2) is 4.95. The third kappa shape index (κ3) is 2.89. The molecule has 0 saturated heterocycles. The van der Waals surface area contributed by atoms with Crippen LogP contribution in [0.5, 0.6) is 0 Å². The van der Waals surface area contributed by atoms with Crippen molar-refractivity contribution >= 4 is 11.6 Å². The number of nitrogens with zero attached hydrogens (tertiary/aromatic N) is 2. The molecule has 1 amide bonds. The van der Waals surface area contributed by atoms with E-state index in [1.807, 2.05) is 0 Å². The van der Waals surface area contributed by atoms with Gasteiger partial charge in [-0.15, -0.1) is 0 Å². The van der Waals surface area contributed by atoms with E-state index in [0.717, 1.165) is 25.0 Å². The van der Waals surface area contributed by atoms with Gasteiger partial charge in [-0.3, -0.25) is 14.9 Å². The average molecular weight is 266 g/mol. The molecule has 2 rings (SSSR count). The van der Waals surface area contributed by atoms with Crippen molar-refractivity contribution in [2.24, 2.45) is 5.92 Å². The lowest BCUT2D eigenvalue weighted by molar-refractivity contribution is -0.385. The predicted molar refractivity (Wildman–Crippen MR) is 67.5 cm³/mol. The monoisotopic (exact) mass is 266 g/mol. The summed E-state index contributed by atoms with van der Waals surface area (Å²) in [6.07, 6.45) is 2.15. The van der Waals surface area contributed by atoms with Crippen molar-refractivity contribution in [3.63, 3.8) is 0 Å². The molecule has 0 heterocycles. The van der Waals surface area contributed by atoms with Crippen LogP contribution in [0.25, 0.3) is 0 Å². The Balaban J connectivity index is 2.31. The molecular formula is C13H15FN2O3. The minimum Gasteiger partial charge on any atom is -0.341 e. The van der Waals surface area contributed by atoms with Gasteiger partial charge in [-0.05, 0) is 31.2 Å². The van der Waals surface area contributed by atoms with Crippen LogP contribution in [0, 0.1) is 28.8 Å². The van der Waals surface area contributed by atoms with Crippen molar-refractivity contribution < 1.29 is 14.1 Å². The number of halogens is 1. The van der Waals surface area contributed by atoms with Crippen molar-refractivity contribution in [1.82, 2.24) is 4.90 Å². The van der Waals surface area contributed by atoms with Crippen LogP contribution < -0.4 is 0 Å². The van der Waals surface area contributed by atoms with E-state index in [1.54, 1.807) is 7.05 Å². The number of nitro benzene ring substituents is 1. The van der Waals surface area contributed by atoms with Crippen LogP contribution in [0.4, 0.5) is 10.1 Å². The number of non-ortho nitro benzene ring substituents is 1. The Morgan fingerprint density at radius 2 is 2.16 bits per heavy atom. The number of hydrogen-bond acceptors (Lipinski definition) is 3. The molecule has 0 atom stereocenters. The Kier molecular flexibility index (Phi) is 3.50. The van der Waals surface area contributed by atoms with E-state index in [9.17, 15) is 19.3 Å². The van der Waals surface area contributed by atoms with Crippen LogP contribution >= 0.6 is 0 Å². The highest BCUT2D eigenvalue weighted by atomic mass is 19.1. The largest absolute Gasteiger partial charge is 0.341 e. The zero-order valence-corrected chi connectivity index (χ0v) is 10.9. The Hall–Kier alpha value is -1.98. The summed E-state index contributed by atoms with van der Waals surface area (Å²) in [4.78, 5) is 23.7. The molecule has 0 aliphatic heterocycles. The fraction of sp³-hybridized carbons (Fsp3) is 0.462. The molecule has 6 heteroatoms. The van der Waals surface area contributed by atoms with Gasteiger partial charge in [0.15, 0.2) is 0 Å². The Morgan fingerprint density at radius 3 is 2.68 bits per heavy atom. The minimum absolute atomic E-state index is 0.109. The van der Waals surface area contributed by atoms with Gasteiger partial charge in [-0.25, -0.2) is 4.39 Å². The van der Waals surface area contributed by atoms with Gasteiger partial charge >= 0.3 is 0 Å². The summed E-state index contributed by atoms with van der Waals surface area (Å²) in [5.74, 6) is -0.703. The number of benzene rings is 1. The summed E-state index contributed by atoms with van der Waals surface area (Å²) in [6.45, 7) is 1.99. The van der Waals surface area contributed by atoms with E-state index < -0.39 is 16.6 Å². The highest BCUT2D eigenvalue weighted by Gasteiger charge is 2.27. The quantitative estimate of drug-likeness (QED) is 0.621. The van der Waals surface area contributed by atoms with Crippen molar-refractivity contribution in [2.75, 3.05) is 13.6 Å². The molecule has 1 fully saturated rings. The van der Waals surface area contributed by atoms with Gasteiger partial charge in [0.1, 0.15) is 5.82 Å². The van der Waals surface area contributed by atoms with Gasteiger partial charge in [0, 0.05) is 25.7 Å². The van der Waals surface area contributed by atoms with Gasteiger partial charge in [-0.1, -0.05) is 0 Å². The van der Waals surface area contributed by atoms with Crippen LogP contribution in [0.15, 0.2) is 12.1 Å². The predicted octanol–water partition coefficient (Wildman–Crippen LogP) is 2.52. The summed E-state index contributed by atoms with van der Waals surface area (Å²) in [5, 5.41) is 10.8. The molecule has 1 aromatic rings. The van der Waals surface area contributed by atoms with E-state index in [2.05, 4.69) is 0 Å². The molecule has 0 aromatic heterocycles. The first-order chi connectivity index (χ1) is 8.90. The fourth-order valence-corrected chi connectivity index (χ4v) is 1.99. The van der Waals surface area contributed by atoms with Crippen LogP contribution in [-0.2, 0) is 0 Å². The Bertz CT molecular complexity index is 541. The second-order valence-electron chi connectivity index (χ2n) is 5.01. The molecular weight excluding hydrogens is 251 g/mol. The van der Waals surface area contributed by atoms with Crippen LogP contribution in [0.2, 0.25) is 0 Å². The number of rotatable bonds is 4. The first-order valence-corrected chi connectivity index (χ1v) is 6.10. The van der Waals surface area contributed by atoms with Crippen LogP contribution in [-0.4, -0.2) is 29.3 Å². The van der Waals surface area contributed by atoms with Gasteiger partial charge in [0.05, 0.1) is 10.5 Å². The molecule has 0 unspecified atom stereocenters. The number of carbonyl (C=O) groups is 1. The van der Waals surface area contributed by atoms with E-state index in [1.165, 1.54) is 11.8 Å². The summed E-state index contributed by atoms with van der Waals surface area (Å²) in [6, 6.07) is 2.14. The minimum atomic E-state index is -0.682. The lowest BCUT2D eigenvalue weighted by atomic mass is 10.1. The maximum atomic E-state index is 13.9. The standard InChI is InChI=1S/C13H15FN2O3/c1-8-5-10(16(18)19)6-11(12(8)14)13(17)15(2)7-9-3-4-9/h5-6,9H,3-4,7H2,1-2H3. The molecule has 1 aliphatic carbocycles. The molecule has 1 aromatic carbocycles. The summed E-state index contributed by atoms with van der Waals surface area (Å²) in [7, 11) is 1.59. The third-order valence-electron chi connectivity index (χ3n) is 3.26. The van der Waals surface area contributed by atoms with E-state index in [-0.39, 0.29) is 16.8 Å². The van der Waals surface area contributed by atoms with Crippen molar-refractivity contribution in [2.45, 2.75) is 19.8 Å². The van der Waals surface area contributed by atoms with Crippen LogP contribution in [0.3, 0.4) is 0 Å². The van der Waals surface area contributed by atoms with Crippen molar-refractivity contribution in [3.05, 3.63) is 39.2 Å². The zero-order valence-electron chi connectivity index (χ0n) is 10.9. The zero-order chi connectivity index (χ0) is 14.2. The Morgan fingerprint density at radius 1 is 1.53 bits per heavy atom. The molecule has 19 heavy (non-hydrogen) atoms. The molecule has 1 saturated carbocycles. The van der Waals surface area contributed by atoms with Gasteiger partial charge in [0.25, 0.3) is 11.6 Å². The third-order valence-corrected chi connectivity index (χ3v) is 3.26. The normalized spacial score (nSPS) is 14.3. The molecule has 5 nitrogen and oxygen atoms in total. The molecule has 0 radical (unpaired) electrons. The Labute approximate surface area is 110 Å². The molecule has 1 aliphatic rings. The number of nitro groups is 1. The number of amides is 1. The molecule has 102 valence electrons. The lowest BCUT2D eigenvalue weighted by Gasteiger charge is -2.17. The SMILES string of the molecule is Cc1cc([N+](=O)[O-])cc(C(=O)N(C)CC2CC2)c1F. The smallest absolute Gasteiger partial charge is 0.270 e. The number of aryl methyl sites for hydroxylation is 1. The van der Waals surface area contributed by atoms with E-state index >= 15 is 0 Å². The molecule has 0 spiro atoms. The molecule has 0 N–H and O–H groups in total. The molecule has 0 bridgehead atoms. The van der Waals surface area contributed by atoms with Gasteiger partial charge in [0.2, 0.25) is 0 Å². The van der Waals surface area contributed by atoms with E-state index in [0.29, 0.717) is 12.5 Å². The lowest BCUT2D eigenvalue weighted by Crippen LogP contribution is -2.29. The topological polar surface area (TPSA) is 63.5 Å². The maximum absolute atomic E-state index is 13.9. The highest BCUT2D eigenvalue weighted by molar-refractivity contribution is 5.95. The maximum Gasteiger partial charge on any atom is 0.270 e. The number of hydrogen-bond donors (Lipinski definition) is 0. The van der Waals surface area contributed by atoms with Crippen molar-refractivity contribution in [3.8, 4) is 0 Å².